The molecule has 0 saturated heterocycles. The number of allylic oxidation sites excluding steroid dienone is 1. The number of methoxy groups -OCH3 is 1. The number of carbonyl (C=O) groups excluding carboxylic acids is 2. The van der Waals surface area contributed by atoms with Gasteiger partial charge in [-0.05, 0) is 29.8 Å². The van der Waals surface area contributed by atoms with E-state index in [1.54, 1.807) is 6.07 Å². The predicted octanol–water partition coefficient (Wildman–Crippen LogP) is -2.83. The summed E-state index contributed by atoms with van der Waals surface area (Å²) in [5.74, 6) is -1.38. The van der Waals surface area contributed by atoms with Crippen LogP contribution in [0.5, 0.6) is 5.75 Å². The van der Waals surface area contributed by atoms with Gasteiger partial charge in [-0.15, -0.1) is 0 Å². The van der Waals surface area contributed by atoms with Crippen LogP contribution in [0.15, 0.2) is 24.3 Å². The average Bonchev–Trinajstić information content (AvgIpc) is 2.25. The molecule has 0 aromatic heterocycles. The van der Waals surface area contributed by atoms with Crippen molar-refractivity contribution < 1.29 is 70.8 Å². The van der Waals surface area contributed by atoms with Crippen LogP contribution < -0.4 is 61.2 Å². The van der Waals surface area contributed by atoms with Crippen LogP contribution in [-0.2, 0) is 4.79 Å². The van der Waals surface area contributed by atoms with Gasteiger partial charge in [0.1, 0.15) is 5.75 Å². The Morgan fingerprint density at radius 2 is 1.88 bits per heavy atom. The van der Waals surface area contributed by atoms with Gasteiger partial charge in [-0.25, -0.2) is 0 Å². The number of fused-ring (bicyclic) bond motifs is 1. The minimum Gasteiger partial charge on any atom is -0.872 e. The Labute approximate surface area is 135 Å². The summed E-state index contributed by atoms with van der Waals surface area (Å²) in [7, 11) is 1.46. The van der Waals surface area contributed by atoms with Crippen LogP contribution in [0.25, 0.3) is 5.76 Å². The fourth-order valence-corrected chi connectivity index (χ4v) is 1.45. The third-order valence-corrected chi connectivity index (χ3v) is 2.22. The molecule has 76 valence electrons. The van der Waals surface area contributed by atoms with Crippen molar-refractivity contribution in [2.75, 3.05) is 7.11 Å². The molecular formula is C11H7KO4. The molecule has 0 fully saturated rings. The molecule has 0 N–H and O–H groups in total. The molecule has 0 heterocycles. The van der Waals surface area contributed by atoms with Crippen molar-refractivity contribution in [1.82, 2.24) is 0 Å². The third-order valence-electron chi connectivity index (χ3n) is 2.22. The minimum absolute atomic E-state index is 0. The molecule has 0 amide bonds. The molecule has 4 nitrogen and oxygen atoms in total. The Hall–Kier alpha value is -0.464. The van der Waals surface area contributed by atoms with Crippen LogP contribution in [-0.4, -0.2) is 18.7 Å². The second-order valence-electron chi connectivity index (χ2n) is 3.11. The molecule has 5 heteroatoms. The van der Waals surface area contributed by atoms with Gasteiger partial charge in [-0.3, -0.25) is 9.59 Å². The molecule has 0 saturated carbocycles. The first-order valence-corrected chi connectivity index (χ1v) is 4.29. The first-order chi connectivity index (χ1) is 7.13. The Morgan fingerprint density at radius 3 is 2.50 bits per heavy atom. The quantitative estimate of drug-likeness (QED) is 0.393. The van der Waals surface area contributed by atoms with Gasteiger partial charge in [0.05, 0.1) is 7.11 Å². The van der Waals surface area contributed by atoms with Gasteiger partial charge in [-0.1, -0.05) is 5.76 Å². The van der Waals surface area contributed by atoms with Gasteiger partial charge in [0.25, 0.3) is 0 Å². The predicted molar refractivity (Wildman–Crippen MR) is 50.3 cm³/mol. The second kappa shape index (κ2) is 5.24. The van der Waals surface area contributed by atoms with E-state index in [-0.39, 0.29) is 62.5 Å². The van der Waals surface area contributed by atoms with E-state index in [0.29, 0.717) is 5.75 Å². The molecule has 0 aliphatic heterocycles. The van der Waals surface area contributed by atoms with E-state index in [4.69, 9.17) is 4.74 Å². The number of carbonyl (C=O) groups is 2. The maximum absolute atomic E-state index is 11.4. The standard InChI is InChI=1S/C11H8O4.K/c1-15-6-2-3-7-8(4-6)9(12)5-10(13)11(7)14;/h2-5,12H,1H3;/q;+1/p-1. The molecule has 0 spiro atoms. The van der Waals surface area contributed by atoms with Crippen molar-refractivity contribution in [3.63, 3.8) is 0 Å². The molecule has 0 unspecified atom stereocenters. The van der Waals surface area contributed by atoms with E-state index in [1.807, 2.05) is 0 Å². The van der Waals surface area contributed by atoms with Gasteiger partial charge in [-0.2, -0.15) is 0 Å². The Kier molecular flexibility index (Phi) is 4.46. The molecule has 1 aromatic rings. The van der Waals surface area contributed by atoms with E-state index in [2.05, 4.69) is 0 Å². The molecule has 1 aliphatic rings. The summed E-state index contributed by atoms with van der Waals surface area (Å²) in [6, 6.07) is 4.43. The number of ketones is 2. The maximum Gasteiger partial charge on any atom is 1.00 e. The zero-order valence-electron chi connectivity index (χ0n) is 8.94. The van der Waals surface area contributed by atoms with Gasteiger partial charge in [0.2, 0.25) is 11.6 Å². The Bertz CT molecular complexity index is 491. The van der Waals surface area contributed by atoms with Crippen molar-refractivity contribution in [2.45, 2.75) is 0 Å². The summed E-state index contributed by atoms with van der Waals surface area (Å²) in [6.07, 6.45) is 0.810. The van der Waals surface area contributed by atoms with Crippen LogP contribution in [0, 0.1) is 0 Å². The van der Waals surface area contributed by atoms with E-state index in [0.717, 1.165) is 6.08 Å². The van der Waals surface area contributed by atoms with Crippen LogP contribution in [0.1, 0.15) is 15.9 Å². The van der Waals surface area contributed by atoms with E-state index < -0.39 is 17.3 Å². The topological polar surface area (TPSA) is 66.4 Å². The number of hydrogen-bond donors (Lipinski definition) is 0. The van der Waals surface area contributed by atoms with Crippen LogP contribution >= 0.6 is 0 Å². The van der Waals surface area contributed by atoms with Crippen molar-refractivity contribution in [3.8, 4) is 5.75 Å². The molecule has 1 aromatic carbocycles. The summed E-state index contributed by atoms with van der Waals surface area (Å²) >= 11 is 0. The van der Waals surface area contributed by atoms with Crippen molar-refractivity contribution in [3.05, 3.63) is 35.4 Å². The summed E-state index contributed by atoms with van der Waals surface area (Å²) in [4.78, 5) is 22.5. The SMILES string of the molecule is COc1ccc2c(c1)C([O-])=CC(=O)C2=O.[K+]. The first-order valence-electron chi connectivity index (χ1n) is 4.29. The summed E-state index contributed by atoms with van der Waals surface area (Å²) in [6.45, 7) is 0. The number of ether oxygens (including phenoxy) is 1. The second-order valence-corrected chi connectivity index (χ2v) is 3.11. The molecule has 0 atom stereocenters. The largest absolute Gasteiger partial charge is 1.00 e. The monoisotopic (exact) mass is 242 g/mol. The van der Waals surface area contributed by atoms with Crippen LogP contribution in [0.4, 0.5) is 0 Å². The summed E-state index contributed by atoms with van der Waals surface area (Å²) in [5.41, 5.74) is 0.368. The van der Waals surface area contributed by atoms with Gasteiger partial charge < -0.3 is 9.84 Å². The van der Waals surface area contributed by atoms with E-state index in [9.17, 15) is 14.7 Å². The van der Waals surface area contributed by atoms with Gasteiger partial charge >= 0.3 is 51.4 Å². The normalized spacial score (nSPS) is 13.7. The maximum atomic E-state index is 11.4. The van der Waals surface area contributed by atoms with Crippen molar-refractivity contribution >= 4 is 17.3 Å². The zero-order valence-corrected chi connectivity index (χ0v) is 12.1. The smallest absolute Gasteiger partial charge is 0.872 e. The van der Waals surface area contributed by atoms with E-state index >= 15 is 0 Å². The molecular weight excluding hydrogens is 235 g/mol. The zero-order chi connectivity index (χ0) is 11.0. The molecule has 0 radical (unpaired) electrons. The number of Topliss-reactive ketones (excluding diaryl/α,β-unsaturated/α-hetero) is 1. The summed E-state index contributed by atoms with van der Waals surface area (Å²) in [5, 5.41) is 11.4. The number of benzene rings is 1. The average molecular weight is 242 g/mol. The first kappa shape index (κ1) is 13.6. The summed E-state index contributed by atoms with van der Waals surface area (Å²) < 4.78 is 4.93. The van der Waals surface area contributed by atoms with Crippen molar-refractivity contribution in [2.24, 2.45) is 0 Å². The van der Waals surface area contributed by atoms with Gasteiger partial charge in [0, 0.05) is 5.56 Å². The molecule has 2 rings (SSSR count). The fourth-order valence-electron chi connectivity index (χ4n) is 1.45. The number of rotatable bonds is 1. The van der Waals surface area contributed by atoms with Crippen molar-refractivity contribution in [1.29, 1.82) is 0 Å². The fraction of sp³-hybridized carbons (Fsp3) is 0.0909. The molecule has 1 aliphatic carbocycles. The third kappa shape index (κ3) is 2.28. The van der Waals surface area contributed by atoms with E-state index in [1.165, 1.54) is 19.2 Å². The minimum atomic E-state index is -0.766. The number of hydrogen-bond acceptors (Lipinski definition) is 4. The van der Waals surface area contributed by atoms with Crippen LogP contribution in [0.3, 0.4) is 0 Å². The van der Waals surface area contributed by atoms with Crippen LogP contribution in [0.2, 0.25) is 0 Å². The Balaban J connectivity index is 0.00000128. The molecule has 16 heavy (non-hydrogen) atoms. The Morgan fingerprint density at radius 1 is 1.19 bits per heavy atom. The van der Waals surface area contributed by atoms with Gasteiger partial charge in [0.15, 0.2) is 0 Å². The molecule has 0 bridgehead atoms.